The molecule has 0 bridgehead atoms. The highest BCUT2D eigenvalue weighted by atomic mass is 16.5. The third kappa shape index (κ3) is 3.06. The monoisotopic (exact) mass is 233 g/mol. The number of benzene rings is 1. The minimum atomic E-state index is -0.788. The smallest absolute Gasteiger partial charge is 0.303 e. The fourth-order valence-electron chi connectivity index (χ4n) is 1.71. The van der Waals surface area contributed by atoms with Gasteiger partial charge in [0.15, 0.2) is 0 Å². The Morgan fingerprint density at radius 1 is 1.47 bits per heavy atom. The van der Waals surface area contributed by atoms with Crippen LogP contribution >= 0.6 is 0 Å². The third-order valence-corrected chi connectivity index (χ3v) is 2.70. The van der Waals surface area contributed by atoms with Gasteiger partial charge >= 0.3 is 5.97 Å². The summed E-state index contributed by atoms with van der Waals surface area (Å²) in [4.78, 5) is 14.8. The van der Waals surface area contributed by atoms with Crippen LogP contribution in [0.15, 0.2) is 29.3 Å². The fraction of sp³-hybridized carbons (Fsp3) is 0.385. The molecule has 1 heterocycles. The second-order valence-electron chi connectivity index (χ2n) is 4.20. The molecule has 1 aliphatic rings. The quantitative estimate of drug-likeness (QED) is 0.865. The van der Waals surface area contributed by atoms with E-state index >= 15 is 0 Å². The molecule has 1 unspecified atom stereocenters. The molecule has 90 valence electrons. The summed E-state index contributed by atoms with van der Waals surface area (Å²) in [7, 11) is 0. The summed E-state index contributed by atoms with van der Waals surface area (Å²) in [6.07, 6.45) is 0.670. The third-order valence-electron chi connectivity index (χ3n) is 2.70. The van der Waals surface area contributed by atoms with E-state index in [-0.39, 0.29) is 12.5 Å². The number of aliphatic imine (C=N–C) groups is 1. The van der Waals surface area contributed by atoms with Crippen LogP contribution in [-0.2, 0) is 9.53 Å². The van der Waals surface area contributed by atoms with Crippen LogP contribution in [0.4, 0.5) is 0 Å². The predicted molar refractivity (Wildman–Crippen MR) is 64.3 cm³/mol. The topological polar surface area (TPSA) is 58.9 Å². The van der Waals surface area contributed by atoms with Gasteiger partial charge < -0.3 is 9.84 Å². The molecule has 0 aliphatic carbocycles. The summed E-state index contributed by atoms with van der Waals surface area (Å²) in [5, 5.41) is 8.60. The largest absolute Gasteiger partial charge is 0.481 e. The number of ether oxygens (including phenoxy) is 1. The van der Waals surface area contributed by atoms with Crippen molar-refractivity contribution in [3.63, 3.8) is 0 Å². The summed E-state index contributed by atoms with van der Waals surface area (Å²) >= 11 is 0. The highest BCUT2D eigenvalue weighted by molar-refractivity contribution is 5.95. The number of hydrogen-bond acceptors (Lipinski definition) is 3. The molecule has 0 radical (unpaired) electrons. The second kappa shape index (κ2) is 4.99. The first kappa shape index (κ1) is 11.6. The van der Waals surface area contributed by atoms with Crippen molar-refractivity contribution in [1.29, 1.82) is 0 Å². The van der Waals surface area contributed by atoms with Crippen molar-refractivity contribution >= 4 is 11.9 Å². The van der Waals surface area contributed by atoms with Gasteiger partial charge in [-0.15, -0.1) is 0 Å². The molecule has 0 fully saturated rings. The summed E-state index contributed by atoms with van der Waals surface area (Å²) in [6.45, 7) is 2.51. The minimum Gasteiger partial charge on any atom is -0.481 e. The zero-order valence-corrected chi connectivity index (χ0v) is 9.72. The van der Waals surface area contributed by atoms with Gasteiger partial charge in [0.05, 0.1) is 6.04 Å². The first-order chi connectivity index (χ1) is 8.15. The van der Waals surface area contributed by atoms with Crippen molar-refractivity contribution in [3.8, 4) is 0 Å². The maximum Gasteiger partial charge on any atom is 0.303 e. The Morgan fingerprint density at radius 2 is 2.18 bits per heavy atom. The maximum atomic E-state index is 10.5. The van der Waals surface area contributed by atoms with Gasteiger partial charge in [0.25, 0.3) is 0 Å². The molecule has 17 heavy (non-hydrogen) atoms. The Kier molecular flexibility index (Phi) is 3.42. The van der Waals surface area contributed by atoms with Crippen molar-refractivity contribution in [2.45, 2.75) is 25.8 Å². The first-order valence-electron chi connectivity index (χ1n) is 5.64. The van der Waals surface area contributed by atoms with Crippen LogP contribution in [0.1, 0.15) is 24.0 Å². The average Bonchev–Trinajstić information content (AvgIpc) is 2.76. The van der Waals surface area contributed by atoms with Crippen LogP contribution in [0.3, 0.4) is 0 Å². The van der Waals surface area contributed by atoms with Gasteiger partial charge in [-0.25, -0.2) is 4.99 Å². The first-order valence-corrected chi connectivity index (χ1v) is 5.64. The van der Waals surface area contributed by atoms with Crippen molar-refractivity contribution in [2.75, 3.05) is 6.61 Å². The Hall–Kier alpha value is -1.84. The van der Waals surface area contributed by atoms with E-state index in [1.54, 1.807) is 0 Å². The zero-order chi connectivity index (χ0) is 12.3. The van der Waals surface area contributed by atoms with Gasteiger partial charge in [-0.3, -0.25) is 4.79 Å². The highest BCUT2D eigenvalue weighted by Crippen LogP contribution is 2.16. The number of carboxylic acid groups (broad SMARTS) is 1. The number of carbonyl (C=O) groups is 1. The molecule has 0 saturated heterocycles. The lowest BCUT2D eigenvalue weighted by molar-refractivity contribution is -0.137. The molecular formula is C13H15NO3. The number of rotatable bonds is 4. The molecule has 0 aromatic heterocycles. The lowest BCUT2D eigenvalue weighted by Gasteiger charge is -2.01. The fourth-order valence-corrected chi connectivity index (χ4v) is 1.71. The van der Waals surface area contributed by atoms with E-state index in [0.29, 0.717) is 18.9 Å². The van der Waals surface area contributed by atoms with E-state index in [9.17, 15) is 4.79 Å². The van der Waals surface area contributed by atoms with Crippen LogP contribution in [0.25, 0.3) is 0 Å². The Balaban J connectivity index is 2.01. The highest BCUT2D eigenvalue weighted by Gasteiger charge is 2.20. The van der Waals surface area contributed by atoms with Gasteiger partial charge in [-0.2, -0.15) is 0 Å². The normalized spacial score (nSPS) is 18.6. The number of nitrogens with zero attached hydrogens (tertiary/aromatic N) is 1. The number of hydrogen-bond donors (Lipinski definition) is 1. The van der Waals surface area contributed by atoms with Gasteiger partial charge in [-0.1, -0.05) is 17.7 Å². The Bertz CT molecular complexity index is 436. The van der Waals surface area contributed by atoms with Crippen LogP contribution in [-0.4, -0.2) is 29.6 Å². The van der Waals surface area contributed by atoms with Gasteiger partial charge in [0.1, 0.15) is 6.61 Å². The van der Waals surface area contributed by atoms with E-state index in [1.165, 1.54) is 5.56 Å². The molecule has 4 heteroatoms. The zero-order valence-electron chi connectivity index (χ0n) is 9.72. The van der Waals surface area contributed by atoms with Crippen molar-refractivity contribution in [3.05, 3.63) is 35.4 Å². The molecule has 0 saturated carbocycles. The van der Waals surface area contributed by atoms with Crippen LogP contribution in [0, 0.1) is 6.92 Å². The molecule has 1 atom stereocenters. The molecule has 1 aliphatic heterocycles. The average molecular weight is 233 g/mol. The van der Waals surface area contributed by atoms with E-state index in [0.717, 1.165) is 5.56 Å². The van der Waals surface area contributed by atoms with Crippen molar-refractivity contribution in [2.24, 2.45) is 4.99 Å². The molecule has 4 nitrogen and oxygen atoms in total. The predicted octanol–water partition coefficient (Wildman–Crippen LogP) is 2.01. The molecular weight excluding hydrogens is 218 g/mol. The molecule has 1 N–H and O–H groups in total. The second-order valence-corrected chi connectivity index (χ2v) is 4.20. The standard InChI is InChI=1S/C13H15NO3/c1-9-2-4-10(5-3-9)13-14-11(8-17-13)6-7-12(15)16/h2-5,11H,6-8H2,1H3,(H,15,16). The molecule has 0 amide bonds. The van der Waals surface area contributed by atoms with Crippen LogP contribution < -0.4 is 0 Å². The van der Waals surface area contributed by atoms with Gasteiger partial charge in [-0.05, 0) is 25.5 Å². The summed E-state index contributed by atoms with van der Waals surface area (Å²) < 4.78 is 5.48. The summed E-state index contributed by atoms with van der Waals surface area (Å²) in [5.74, 6) is -0.163. The summed E-state index contributed by atoms with van der Waals surface area (Å²) in [5.41, 5.74) is 2.14. The maximum absolute atomic E-state index is 10.5. The molecule has 1 aromatic carbocycles. The lowest BCUT2D eigenvalue weighted by Crippen LogP contribution is -2.08. The number of carboxylic acids is 1. The van der Waals surface area contributed by atoms with E-state index in [4.69, 9.17) is 9.84 Å². The molecule has 1 aromatic rings. The van der Waals surface area contributed by atoms with E-state index in [2.05, 4.69) is 4.99 Å². The van der Waals surface area contributed by atoms with Crippen LogP contribution in [0.5, 0.6) is 0 Å². The van der Waals surface area contributed by atoms with Gasteiger partial charge in [0.2, 0.25) is 5.90 Å². The SMILES string of the molecule is Cc1ccc(C2=NC(CCC(=O)O)CO2)cc1. The van der Waals surface area contributed by atoms with Crippen molar-refractivity contribution in [1.82, 2.24) is 0 Å². The van der Waals surface area contributed by atoms with Crippen molar-refractivity contribution < 1.29 is 14.6 Å². The number of aryl methyl sites for hydroxylation is 1. The van der Waals surface area contributed by atoms with Gasteiger partial charge in [0, 0.05) is 12.0 Å². The summed E-state index contributed by atoms with van der Waals surface area (Å²) in [6, 6.07) is 7.92. The number of aliphatic carboxylic acids is 1. The Morgan fingerprint density at radius 3 is 2.82 bits per heavy atom. The molecule has 2 rings (SSSR count). The molecule has 0 spiro atoms. The minimum absolute atomic E-state index is 0.0256. The van der Waals surface area contributed by atoms with E-state index in [1.807, 2.05) is 31.2 Å². The van der Waals surface area contributed by atoms with Crippen LogP contribution in [0.2, 0.25) is 0 Å². The van der Waals surface area contributed by atoms with E-state index < -0.39 is 5.97 Å². The lowest BCUT2D eigenvalue weighted by atomic mass is 10.1. The Labute approximate surface area is 99.9 Å².